The fourth-order valence-electron chi connectivity index (χ4n) is 2.45. The van der Waals surface area contributed by atoms with Crippen LogP contribution in [-0.2, 0) is 0 Å². The summed E-state index contributed by atoms with van der Waals surface area (Å²) in [7, 11) is 0. The Morgan fingerprint density at radius 2 is 2.13 bits per heavy atom. The lowest BCUT2D eigenvalue weighted by Gasteiger charge is -2.27. The van der Waals surface area contributed by atoms with Crippen molar-refractivity contribution in [2.75, 3.05) is 0 Å². The molecule has 15 heavy (non-hydrogen) atoms. The minimum Gasteiger partial charge on any atom is -0.328 e. The molecule has 2 heteroatoms. The maximum absolute atomic E-state index is 13.1. The summed E-state index contributed by atoms with van der Waals surface area (Å²) in [6, 6.07) is 5.78. The minimum absolute atomic E-state index is 0.112. The Hall–Kier alpha value is -0.890. The molecule has 1 aliphatic carbocycles. The molecule has 0 saturated heterocycles. The zero-order chi connectivity index (χ0) is 10.8. The summed E-state index contributed by atoms with van der Waals surface area (Å²) in [5.41, 5.74) is 7.95. The molecule has 0 aliphatic heterocycles. The van der Waals surface area contributed by atoms with Crippen molar-refractivity contribution in [3.63, 3.8) is 0 Å². The molecule has 2 N–H and O–H groups in total. The topological polar surface area (TPSA) is 26.0 Å². The molecule has 0 amide bonds. The predicted octanol–water partition coefficient (Wildman–Crippen LogP) is 3.12. The van der Waals surface area contributed by atoms with E-state index < -0.39 is 0 Å². The van der Waals surface area contributed by atoms with Crippen LogP contribution >= 0.6 is 0 Å². The van der Waals surface area contributed by atoms with Crippen molar-refractivity contribution >= 4 is 0 Å². The lowest BCUT2D eigenvalue weighted by atomic mass is 9.81. The summed E-state index contributed by atoms with van der Waals surface area (Å²) in [6.45, 7) is 1.82. The third-order valence-corrected chi connectivity index (χ3v) is 3.37. The van der Waals surface area contributed by atoms with E-state index >= 15 is 0 Å². The second kappa shape index (κ2) is 4.31. The Kier molecular flexibility index (Phi) is 3.06. The zero-order valence-corrected chi connectivity index (χ0v) is 9.17. The van der Waals surface area contributed by atoms with Gasteiger partial charge in [-0.15, -0.1) is 0 Å². The van der Waals surface area contributed by atoms with Crippen LogP contribution in [0, 0.1) is 12.7 Å². The maximum atomic E-state index is 13.1. The molecule has 1 nitrogen and oxygen atoms in total. The van der Waals surface area contributed by atoms with Crippen molar-refractivity contribution in [1.82, 2.24) is 0 Å². The van der Waals surface area contributed by atoms with Crippen molar-refractivity contribution in [2.45, 2.75) is 44.6 Å². The molecule has 82 valence electrons. The Labute approximate surface area is 90.5 Å². The van der Waals surface area contributed by atoms with E-state index in [0.717, 1.165) is 18.4 Å². The molecule has 1 fully saturated rings. The lowest BCUT2D eigenvalue weighted by Crippen LogP contribution is -2.26. The summed E-state index contributed by atoms with van der Waals surface area (Å²) in [4.78, 5) is 0. The Morgan fingerprint density at radius 1 is 1.33 bits per heavy atom. The van der Waals surface area contributed by atoms with E-state index in [1.165, 1.54) is 18.4 Å². The molecule has 0 heterocycles. The average molecular weight is 207 g/mol. The van der Waals surface area contributed by atoms with E-state index in [4.69, 9.17) is 5.73 Å². The smallest absolute Gasteiger partial charge is 0.126 e. The van der Waals surface area contributed by atoms with Crippen LogP contribution in [0.1, 0.15) is 42.7 Å². The van der Waals surface area contributed by atoms with Gasteiger partial charge in [-0.3, -0.25) is 0 Å². The zero-order valence-electron chi connectivity index (χ0n) is 9.17. The van der Waals surface area contributed by atoms with Gasteiger partial charge in [-0.1, -0.05) is 18.6 Å². The summed E-state index contributed by atoms with van der Waals surface area (Å²) in [5.74, 6) is 0.423. The second-order valence-electron chi connectivity index (χ2n) is 4.63. The second-order valence-corrected chi connectivity index (χ2v) is 4.63. The standard InChI is InChI=1S/C13H18FN/c1-9-7-11(5-6-13(9)14)10-3-2-4-12(15)8-10/h5-7,10,12H,2-4,8,15H2,1H3. The van der Waals surface area contributed by atoms with E-state index in [1.54, 1.807) is 6.07 Å². The molecule has 1 aromatic carbocycles. The van der Waals surface area contributed by atoms with E-state index in [2.05, 4.69) is 0 Å². The van der Waals surface area contributed by atoms with Crippen molar-refractivity contribution in [1.29, 1.82) is 0 Å². The SMILES string of the molecule is Cc1cc(C2CCCC(N)C2)ccc1F. The maximum Gasteiger partial charge on any atom is 0.126 e. The van der Waals surface area contributed by atoms with Crippen LogP contribution in [0.5, 0.6) is 0 Å². The van der Waals surface area contributed by atoms with Gasteiger partial charge in [0.2, 0.25) is 0 Å². The van der Waals surface area contributed by atoms with Gasteiger partial charge in [-0.2, -0.15) is 0 Å². The van der Waals surface area contributed by atoms with Crippen molar-refractivity contribution in [3.8, 4) is 0 Å². The van der Waals surface area contributed by atoms with Gasteiger partial charge < -0.3 is 5.73 Å². The van der Waals surface area contributed by atoms with E-state index in [9.17, 15) is 4.39 Å². The van der Waals surface area contributed by atoms with Crippen LogP contribution in [0.15, 0.2) is 18.2 Å². The third-order valence-electron chi connectivity index (χ3n) is 3.37. The lowest BCUT2D eigenvalue weighted by molar-refractivity contribution is 0.393. The van der Waals surface area contributed by atoms with Gasteiger partial charge in [0.15, 0.2) is 0 Å². The highest BCUT2D eigenvalue weighted by Crippen LogP contribution is 2.32. The van der Waals surface area contributed by atoms with Crippen LogP contribution in [0.2, 0.25) is 0 Å². The molecule has 0 bridgehead atoms. The number of nitrogens with two attached hydrogens (primary N) is 1. The van der Waals surface area contributed by atoms with Crippen LogP contribution in [0.25, 0.3) is 0 Å². The Morgan fingerprint density at radius 3 is 2.80 bits per heavy atom. The largest absolute Gasteiger partial charge is 0.328 e. The molecular weight excluding hydrogens is 189 g/mol. The summed E-state index contributed by atoms with van der Waals surface area (Å²) in [5, 5.41) is 0. The molecule has 2 rings (SSSR count). The molecular formula is C13H18FN. The third kappa shape index (κ3) is 2.37. The van der Waals surface area contributed by atoms with Crippen LogP contribution < -0.4 is 5.73 Å². The van der Waals surface area contributed by atoms with Crippen molar-refractivity contribution in [3.05, 3.63) is 35.1 Å². The molecule has 2 atom stereocenters. The fourth-order valence-corrected chi connectivity index (χ4v) is 2.45. The molecule has 1 aliphatic rings. The van der Waals surface area contributed by atoms with Crippen molar-refractivity contribution in [2.24, 2.45) is 5.73 Å². The van der Waals surface area contributed by atoms with Gasteiger partial charge in [-0.05, 0) is 49.3 Å². The number of rotatable bonds is 1. The first kappa shape index (κ1) is 10.6. The molecule has 1 aromatic rings. The molecule has 2 unspecified atom stereocenters. The Balaban J connectivity index is 2.18. The number of hydrogen-bond donors (Lipinski definition) is 1. The number of halogens is 1. The first-order chi connectivity index (χ1) is 7.16. The van der Waals surface area contributed by atoms with Gasteiger partial charge in [-0.25, -0.2) is 4.39 Å². The van der Waals surface area contributed by atoms with Gasteiger partial charge in [0.1, 0.15) is 5.82 Å². The van der Waals surface area contributed by atoms with Gasteiger partial charge in [0.05, 0.1) is 0 Å². The quantitative estimate of drug-likeness (QED) is 0.752. The highest BCUT2D eigenvalue weighted by Gasteiger charge is 2.20. The van der Waals surface area contributed by atoms with E-state index in [1.807, 2.05) is 19.1 Å². The van der Waals surface area contributed by atoms with Crippen LogP contribution in [-0.4, -0.2) is 6.04 Å². The minimum atomic E-state index is -0.112. The summed E-state index contributed by atoms with van der Waals surface area (Å²) >= 11 is 0. The van der Waals surface area contributed by atoms with Crippen LogP contribution in [0.3, 0.4) is 0 Å². The summed E-state index contributed by atoms with van der Waals surface area (Å²) < 4.78 is 13.1. The van der Waals surface area contributed by atoms with Crippen molar-refractivity contribution < 1.29 is 4.39 Å². The van der Waals surface area contributed by atoms with Crippen LogP contribution in [0.4, 0.5) is 4.39 Å². The normalized spacial score (nSPS) is 26.6. The highest BCUT2D eigenvalue weighted by molar-refractivity contribution is 5.27. The monoisotopic (exact) mass is 207 g/mol. The molecule has 0 radical (unpaired) electrons. The fraction of sp³-hybridized carbons (Fsp3) is 0.538. The van der Waals surface area contributed by atoms with Gasteiger partial charge in [0.25, 0.3) is 0 Å². The predicted molar refractivity (Wildman–Crippen MR) is 60.3 cm³/mol. The Bertz CT molecular complexity index is 348. The number of hydrogen-bond acceptors (Lipinski definition) is 1. The number of benzene rings is 1. The number of aryl methyl sites for hydroxylation is 1. The molecule has 0 spiro atoms. The summed E-state index contributed by atoms with van der Waals surface area (Å²) in [6.07, 6.45) is 4.57. The van der Waals surface area contributed by atoms with Gasteiger partial charge >= 0.3 is 0 Å². The molecule has 1 saturated carbocycles. The first-order valence-corrected chi connectivity index (χ1v) is 5.68. The first-order valence-electron chi connectivity index (χ1n) is 5.68. The van der Waals surface area contributed by atoms with E-state index in [0.29, 0.717) is 12.0 Å². The average Bonchev–Trinajstić information content (AvgIpc) is 2.22. The van der Waals surface area contributed by atoms with Gasteiger partial charge in [0, 0.05) is 6.04 Å². The van der Waals surface area contributed by atoms with E-state index in [-0.39, 0.29) is 5.82 Å². The molecule has 0 aromatic heterocycles. The highest BCUT2D eigenvalue weighted by atomic mass is 19.1.